The Balaban J connectivity index is 1.19. The highest BCUT2D eigenvalue weighted by atomic mass is 32.2. The van der Waals surface area contributed by atoms with Crippen molar-refractivity contribution in [2.45, 2.75) is 48.9 Å². The predicted molar refractivity (Wildman–Crippen MR) is 160 cm³/mol. The molecule has 216 valence electrons. The Morgan fingerprint density at radius 1 is 1.12 bits per heavy atom. The minimum Gasteiger partial charge on any atom is -0.379 e. The Morgan fingerprint density at radius 2 is 1.88 bits per heavy atom. The van der Waals surface area contributed by atoms with E-state index in [1.165, 1.54) is 0 Å². The number of ether oxygens (including phenoxy) is 1. The Bertz CT molecular complexity index is 1450. The molecule has 0 saturated carbocycles. The molecule has 0 aliphatic carbocycles. The zero-order valence-corrected chi connectivity index (χ0v) is 24.3. The topological polar surface area (TPSA) is 107 Å². The number of para-hydroxylation sites is 1. The van der Waals surface area contributed by atoms with Crippen molar-refractivity contribution < 1.29 is 19.1 Å². The normalized spacial score (nSPS) is 22.4. The number of nitrogens with one attached hydrogen (secondary N) is 3. The van der Waals surface area contributed by atoms with Crippen molar-refractivity contribution in [2.24, 2.45) is 0 Å². The van der Waals surface area contributed by atoms with Crippen LogP contribution in [0.5, 0.6) is 0 Å². The molecule has 3 amide bonds. The Labute approximate surface area is 244 Å². The maximum atomic E-state index is 14.0. The standard InChI is InChI=1S/C31H37N5O4S/c1-31(2)26(36-29(39)22-9-3-4-10-23(22)30(36)41-31)28(38)34-25(18-20-19-33-24-11-6-5-8-21(20)24)27(37)32-12-7-13-35-14-16-40-17-15-35/h3-6,8-11,19,25-26,30,33H,7,12-18H2,1-2H3,(H,32,37)(H,34,38)/t25-,26+,30?/m0/s1. The van der Waals surface area contributed by atoms with Crippen LogP contribution in [0.1, 0.15) is 47.1 Å². The van der Waals surface area contributed by atoms with Gasteiger partial charge < -0.3 is 25.3 Å². The van der Waals surface area contributed by atoms with Crippen LogP contribution in [0.2, 0.25) is 0 Å². The average molecular weight is 576 g/mol. The van der Waals surface area contributed by atoms with E-state index in [1.807, 2.05) is 68.6 Å². The Hall–Kier alpha value is -3.34. The first-order valence-corrected chi connectivity index (χ1v) is 15.2. The number of nitrogens with zero attached hydrogens (tertiary/aromatic N) is 2. The van der Waals surface area contributed by atoms with Crippen LogP contribution in [0.3, 0.4) is 0 Å². The minimum absolute atomic E-state index is 0.135. The first-order chi connectivity index (χ1) is 19.8. The van der Waals surface area contributed by atoms with Crippen molar-refractivity contribution >= 4 is 40.4 Å². The van der Waals surface area contributed by atoms with E-state index in [0.717, 1.165) is 61.3 Å². The first-order valence-electron chi connectivity index (χ1n) is 14.4. The summed E-state index contributed by atoms with van der Waals surface area (Å²) < 4.78 is 4.89. The molecule has 2 saturated heterocycles. The smallest absolute Gasteiger partial charge is 0.256 e. The molecule has 1 aromatic heterocycles. The van der Waals surface area contributed by atoms with E-state index in [2.05, 4.69) is 20.5 Å². The SMILES string of the molecule is CC1(C)SC2c3ccccc3C(=O)N2[C@@H]1C(=O)N[C@@H](Cc1c[nH]c2ccccc12)C(=O)NCCCN1CCOCC1. The maximum absolute atomic E-state index is 14.0. The summed E-state index contributed by atoms with van der Waals surface area (Å²) in [5, 5.41) is 6.93. The summed E-state index contributed by atoms with van der Waals surface area (Å²) in [6, 6.07) is 14.0. The molecule has 3 aliphatic heterocycles. The highest BCUT2D eigenvalue weighted by Crippen LogP contribution is 2.56. The van der Waals surface area contributed by atoms with Crippen LogP contribution in [0, 0.1) is 0 Å². The largest absolute Gasteiger partial charge is 0.379 e. The van der Waals surface area contributed by atoms with Gasteiger partial charge in [0.25, 0.3) is 5.91 Å². The molecule has 0 spiro atoms. The van der Waals surface area contributed by atoms with Crippen molar-refractivity contribution in [1.29, 1.82) is 0 Å². The second kappa shape index (κ2) is 11.5. The molecule has 0 radical (unpaired) electrons. The number of hydrogen-bond acceptors (Lipinski definition) is 6. The number of carbonyl (C=O) groups is 3. The van der Waals surface area contributed by atoms with Crippen LogP contribution in [0.25, 0.3) is 10.9 Å². The molecule has 1 unspecified atom stereocenters. The van der Waals surface area contributed by atoms with Crippen LogP contribution in [-0.2, 0) is 20.7 Å². The van der Waals surface area contributed by atoms with Crippen molar-refractivity contribution in [3.05, 3.63) is 71.4 Å². The van der Waals surface area contributed by atoms with Crippen molar-refractivity contribution in [3.8, 4) is 0 Å². The Morgan fingerprint density at radius 3 is 2.71 bits per heavy atom. The van der Waals surface area contributed by atoms with Gasteiger partial charge in [0.2, 0.25) is 11.8 Å². The second-order valence-electron chi connectivity index (χ2n) is 11.5. The van der Waals surface area contributed by atoms with Gasteiger partial charge in [-0.15, -0.1) is 11.8 Å². The van der Waals surface area contributed by atoms with E-state index in [4.69, 9.17) is 4.74 Å². The van der Waals surface area contributed by atoms with Crippen LogP contribution in [0.4, 0.5) is 0 Å². The first kappa shape index (κ1) is 27.8. The lowest BCUT2D eigenvalue weighted by molar-refractivity contribution is -0.131. The average Bonchev–Trinajstić information content (AvgIpc) is 3.60. The summed E-state index contributed by atoms with van der Waals surface area (Å²) >= 11 is 1.62. The fourth-order valence-corrected chi connectivity index (χ4v) is 7.84. The highest BCUT2D eigenvalue weighted by molar-refractivity contribution is 8.01. The molecule has 2 fully saturated rings. The molecule has 4 heterocycles. The van der Waals surface area contributed by atoms with Gasteiger partial charge in [0.05, 0.1) is 13.2 Å². The van der Waals surface area contributed by atoms with Crippen LogP contribution in [-0.4, -0.2) is 88.7 Å². The third kappa shape index (κ3) is 5.48. The lowest BCUT2D eigenvalue weighted by Crippen LogP contribution is -2.57. The zero-order valence-electron chi connectivity index (χ0n) is 23.5. The third-order valence-corrected chi connectivity index (χ3v) is 9.87. The molecule has 9 nitrogen and oxygen atoms in total. The summed E-state index contributed by atoms with van der Waals surface area (Å²) in [7, 11) is 0. The summed E-state index contributed by atoms with van der Waals surface area (Å²) in [6.45, 7) is 8.69. The van der Waals surface area contributed by atoms with E-state index in [0.29, 0.717) is 18.5 Å². The fraction of sp³-hybridized carbons (Fsp3) is 0.452. The molecule has 3 aliphatic rings. The number of aromatic amines is 1. The van der Waals surface area contributed by atoms with E-state index in [9.17, 15) is 14.4 Å². The van der Waals surface area contributed by atoms with Gasteiger partial charge in [-0.05, 0) is 50.1 Å². The van der Waals surface area contributed by atoms with Gasteiger partial charge in [0.15, 0.2) is 0 Å². The van der Waals surface area contributed by atoms with Gasteiger partial charge in [-0.2, -0.15) is 0 Å². The van der Waals surface area contributed by atoms with Gasteiger partial charge in [0, 0.05) is 53.5 Å². The van der Waals surface area contributed by atoms with Gasteiger partial charge in [-0.25, -0.2) is 0 Å². The van der Waals surface area contributed by atoms with Crippen molar-refractivity contribution in [2.75, 3.05) is 39.4 Å². The van der Waals surface area contributed by atoms with E-state index in [1.54, 1.807) is 16.7 Å². The number of morpholine rings is 1. The van der Waals surface area contributed by atoms with Crippen molar-refractivity contribution in [1.82, 2.24) is 25.4 Å². The number of aromatic nitrogens is 1. The lowest BCUT2D eigenvalue weighted by atomic mass is 9.99. The molecule has 41 heavy (non-hydrogen) atoms. The number of benzene rings is 2. The van der Waals surface area contributed by atoms with Crippen LogP contribution in [0.15, 0.2) is 54.7 Å². The number of fused-ring (bicyclic) bond motifs is 4. The molecule has 10 heteroatoms. The number of thioether (sulfide) groups is 1. The molecular formula is C31H37N5O4S. The zero-order chi connectivity index (χ0) is 28.6. The number of amides is 3. The molecule has 3 aromatic rings. The lowest BCUT2D eigenvalue weighted by Gasteiger charge is -2.31. The molecular weight excluding hydrogens is 538 g/mol. The van der Waals surface area contributed by atoms with E-state index < -0.39 is 16.8 Å². The summed E-state index contributed by atoms with van der Waals surface area (Å²) in [6.07, 6.45) is 3.05. The highest BCUT2D eigenvalue weighted by Gasteiger charge is 2.57. The van der Waals surface area contributed by atoms with Crippen LogP contribution >= 0.6 is 11.8 Å². The third-order valence-electron chi connectivity index (χ3n) is 8.33. The second-order valence-corrected chi connectivity index (χ2v) is 13.2. The number of rotatable bonds is 9. The number of carbonyl (C=O) groups excluding carboxylic acids is 3. The number of hydrogen-bond donors (Lipinski definition) is 3. The monoisotopic (exact) mass is 575 g/mol. The van der Waals surface area contributed by atoms with Gasteiger partial charge in [-0.1, -0.05) is 36.4 Å². The molecule has 2 aromatic carbocycles. The number of H-pyrrole nitrogens is 1. The minimum atomic E-state index is -0.787. The summed E-state index contributed by atoms with van der Waals surface area (Å²) in [5.74, 6) is -0.661. The van der Waals surface area contributed by atoms with Crippen molar-refractivity contribution in [3.63, 3.8) is 0 Å². The molecule has 3 atom stereocenters. The molecule has 0 bridgehead atoms. The summed E-state index contributed by atoms with van der Waals surface area (Å²) in [4.78, 5) is 48.4. The Kier molecular flexibility index (Phi) is 7.80. The van der Waals surface area contributed by atoms with Gasteiger partial charge >= 0.3 is 0 Å². The predicted octanol–water partition coefficient (Wildman–Crippen LogP) is 3.08. The molecule has 3 N–H and O–H groups in total. The maximum Gasteiger partial charge on any atom is 0.256 e. The summed E-state index contributed by atoms with van der Waals surface area (Å²) in [5.41, 5.74) is 3.53. The van der Waals surface area contributed by atoms with Gasteiger partial charge in [-0.3, -0.25) is 19.3 Å². The van der Waals surface area contributed by atoms with Crippen LogP contribution < -0.4 is 10.6 Å². The quantitative estimate of drug-likeness (QED) is 0.339. The fourth-order valence-electron chi connectivity index (χ4n) is 6.25. The van der Waals surface area contributed by atoms with Gasteiger partial charge in [0.1, 0.15) is 17.5 Å². The van der Waals surface area contributed by atoms with E-state index >= 15 is 0 Å². The molecule has 6 rings (SSSR count). The van der Waals surface area contributed by atoms with E-state index in [-0.39, 0.29) is 23.1 Å².